The van der Waals surface area contributed by atoms with Crippen molar-refractivity contribution in [2.75, 3.05) is 0 Å². The standard InChI is InChI=1S/C12H21N3S/c1-2-3-9-15-11(13-14-12(15)16)10-7-5-4-6-8-10/h10H,2-9H2,1H3,(H,14,16). The van der Waals surface area contributed by atoms with Crippen molar-refractivity contribution >= 4 is 12.2 Å². The molecule has 0 amide bonds. The summed E-state index contributed by atoms with van der Waals surface area (Å²) >= 11 is 5.30. The van der Waals surface area contributed by atoms with E-state index in [9.17, 15) is 0 Å². The fourth-order valence-corrected chi connectivity index (χ4v) is 2.77. The fourth-order valence-electron chi connectivity index (χ4n) is 2.53. The molecule has 0 spiro atoms. The number of rotatable bonds is 4. The maximum atomic E-state index is 5.30. The van der Waals surface area contributed by atoms with Crippen LogP contribution < -0.4 is 0 Å². The summed E-state index contributed by atoms with van der Waals surface area (Å²) in [6, 6.07) is 0. The Morgan fingerprint density at radius 2 is 2.12 bits per heavy atom. The molecule has 0 aromatic carbocycles. The highest BCUT2D eigenvalue weighted by molar-refractivity contribution is 7.71. The molecule has 1 fully saturated rings. The third-order valence-corrected chi connectivity index (χ3v) is 3.81. The van der Waals surface area contributed by atoms with Crippen molar-refractivity contribution < 1.29 is 0 Å². The lowest BCUT2D eigenvalue weighted by molar-refractivity contribution is 0.412. The van der Waals surface area contributed by atoms with Crippen molar-refractivity contribution in [1.82, 2.24) is 14.8 Å². The Morgan fingerprint density at radius 1 is 1.38 bits per heavy atom. The van der Waals surface area contributed by atoms with Gasteiger partial charge in [-0.05, 0) is 31.5 Å². The first-order chi connectivity index (χ1) is 7.83. The first kappa shape index (κ1) is 11.8. The predicted octanol–water partition coefficient (Wildman–Crippen LogP) is 3.79. The molecule has 4 heteroatoms. The van der Waals surface area contributed by atoms with E-state index < -0.39 is 0 Å². The van der Waals surface area contributed by atoms with Crippen molar-refractivity contribution in [2.24, 2.45) is 0 Å². The first-order valence-corrected chi connectivity index (χ1v) is 6.89. The molecule has 0 bridgehead atoms. The Hall–Kier alpha value is -0.640. The lowest BCUT2D eigenvalue weighted by Gasteiger charge is -2.21. The average Bonchev–Trinajstić information content (AvgIpc) is 2.69. The SMILES string of the molecule is CCCCn1c(C2CCCCC2)n[nH]c1=S. The quantitative estimate of drug-likeness (QED) is 0.811. The molecule has 0 aliphatic heterocycles. The number of nitrogens with one attached hydrogen (secondary N) is 1. The van der Waals surface area contributed by atoms with Crippen LogP contribution in [0.4, 0.5) is 0 Å². The number of nitrogens with zero attached hydrogens (tertiary/aromatic N) is 2. The molecular weight excluding hydrogens is 218 g/mol. The van der Waals surface area contributed by atoms with E-state index in [0.717, 1.165) is 11.3 Å². The Kier molecular flexibility index (Phi) is 4.16. The highest BCUT2D eigenvalue weighted by Crippen LogP contribution is 2.31. The van der Waals surface area contributed by atoms with Gasteiger partial charge in [0, 0.05) is 12.5 Å². The van der Waals surface area contributed by atoms with E-state index in [1.165, 1.54) is 50.8 Å². The van der Waals surface area contributed by atoms with Crippen LogP contribution in [0.2, 0.25) is 0 Å². The molecular formula is C12H21N3S. The zero-order valence-electron chi connectivity index (χ0n) is 10.0. The number of aromatic nitrogens is 3. The molecule has 1 heterocycles. The molecule has 0 radical (unpaired) electrons. The summed E-state index contributed by atoms with van der Waals surface area (Å²) in [6.07, 6.45) is 9.04. The Balaban J connectivity index is 2.15. The van der Waals surface area contributed by atoms with Crippen molar-refractivity contribution in [3.05, 3.63) is 10.6 Å². The molecule has 2 rings (SSSR count). The normalized spacial score (nSPS) is 17.8. The van der Waals surface area contributed by atoms with Crippen LogP contribution in [0.5, 0.6) is 0 Å². The third-order valence-electron chi connectivity index (χ3n) is 3.49. The molecule has 1 aliphatic carbocycles. The summed E-state index contributed by atoms with van der Waals surface area (Å²) in [5.74, 6) is 1.84. The predicted molar refractivity (Wildman–Crippen MR) is 68.1 cm³/mol. The molecule has 90 valence electrons. The third kappa shape index (κ3) is 2.54. The molecule has 0 atom stereocenters. The zero-order valence-corrected chi connectivity index (χ0v) is 10.9. The van der Waals surface area contributed by atoms with Gasteiger partial charge >= 0.3 is 0 Å². The van der Waals surface area contributed by atoms with E-state index in [-0.39, 0.29) is 0 Å². The highest BCUT2D eigenvalue weighted by Gasteiger charge is 2.20. The van der Waals surface area contributed by atoms with Gasteiger partial charge in [0.25, 0.3) is 0 Å². The molecule has 1 N–H and O–H groups in total. The van der Waals surface area contributed by atoms with E-state index in [1.54, 1.807) is 0 Å². The summed E-state index contributed by atoms with van der Waals surface area (Å²) in [4.78, 5) is 0. The molecule has 0 unspecified atom stereocenters. The van der Waals surface area contributed by atoms with Gasteiger partial charge < -0.3 is 4.57 Å². The first-order valence-electron chi connectivity index (χ1n) is 6.48. The summed E-state index contributed by atoms with van der Waals surface area (Å²) in [7, 11) is 0. The molecule has 1 aliphatic rings. The van der Waals surface area contributed by atoms with E-state index in [1.807, 2.05) is 0 Å². The van der Waals surface area contributed by atoms with Crippen LogP contribution in [0.1, 0.15) is 63.6 Å². The van der Waals surface area contributed by atoms with E-state index in [2.05, 4.69) is 21.7 Å². The Morgan fingerprint density at radius 3 is 2.81 bits per heavy atom. The number of hydrogen-bond acceptors (Lipinski definition) is 2. The molecule has 3 nitrogen and oxygen atoms in total. The van der Waals surface area contributed by atoms with Gasteiger partial charge in [0.05, 0.1) is 0 Å². The summed E-state index contributed by atoms with van der Waals surface area (Å²) in [5.41, 5.74) is 0. The lowest BCUT2D eigenvalue weighted by atomic mass is 9.88. The van der Waals surface area contributed by atoms with Gasteiger partial charge in [-0.25, -0.2) is 0 Å². The fraction of sp³-hybridized carbons (Fsp3) is 0.833. The van der Waals surface area contributed by atoms with Gasteiger partial charge in [-0.15, -0.1) is 0 Å². The van der Waals surface area contributed by atoms with Gasteiger partial charge in [0.1, 0.15) is 5.82 Å². The molecule has 1 aromatic rings. The van der Waals surface area contributed by atoms with Gasteiger partial charge in [-0.1, -0.05) is 32.6 Å². The van der Waals surface area contributed by atoms with Crippen LogP contribution in [0, 0.1) is 4.77 Å². The summed E-state index contributed by atoms with van der Waals surface area (Å²) in [6.45, 7) is 3.24. The van der Waals surface area contributed by atoms with Crippen molar-refractivity contribution in [3.8, 4) is 0 Å². The minimum atomic E-state index is 0.638. The Labute approximate surface area is 102 Å². The second kappa shape index (κ2) is 5.62. The van der Waals surface area contributed by atoms with Crippen LogP contribution >= 0.6 is 12.2 Å². The van der Waals surface area contributed by atoms with Crippen molar-refractivity contribution in [1.29, 1.82) is 0 Å². The Bertz CT molecular complexity index is 374. The van der Waals surface area contributed by atoms with Gasteiger partial charge in [-0.3, -0.25) is 5.10 Å². The molecule has 1 aromatic heterocycles. The largest absolute Gasteiger partial charge is 0.304 e. The topological polar surface area (TPSA) is 33.6 Å². The maximum absolute atomic E-state index is 5.30. The minimum absolute atomic E-state index is 0.638. The summed E-state index contributed by atoms with van der Waals surface area (Å²) < 4.78 is 3.02. The smallest absolute Gasteiger partial charge is 0.195 e. The van der Waals surface area contributed by atoms with Crippen LogP contribution in [0.3, 0.4) is 0 Å². The highest BCUT2D eigenvalue weighted by atomic mass is 32.1. The number of hydrogen-bond donors (Lipinski definition) is 1. The lowest BCUT2D eigenvalue weighted by Crippen LogP contribution is -2.12. The van der Waals surface area contributed by atoms with E-state index in [4.69, 9.17) is 12.2 Å². The number of aromatic amines is 1. The maximum Gasteiger partial charge on any atom is 0.195 e. The van der Waals surface area contributed by atoms with Crippen LogP contribution in [-0.4, -0.2) is 14.8 Å². The molecule has 0 saturated heterocycles. The van der Waals surface area contributed by atoms with Crippen molar-refractivity contribution in [2.45, 2.75) is 64.3 Å². The summed E-state index contributed by atoms with van der Waals surface area (Å²) in [5, 5.41) is 7.40. The molecule has 16 heavy (non-hydrogen) atoms. The van der Waals surface area contributed by atoms with Crippen LogP contribution in [-0.2, 0) is 6.54 Å². The van der Waals surface area contributed by atoms with Gasteiger partial charge in [0.2, 0.25) is 0 Å². The van der Waals surface area contributed by atoms with Gasteiger partial charge in [-0.2, -0.15) is 5.10 Å². The monoisotopic (exact) mass is 239 g/mol. The number of H-pyrrole nitrogens is 1. The van der Waals surface area contributed by atoms with Crippen LogP contribution in [0.15, 0.2) is 0 Å². The van der Waals surface area contributed by atoms with E-state index >= 15 is 0 Å². The average molecular weight is 239 g/mol. The second-order valence-corrected chi connectivity index (χ2v) is 5.11. The zero-order chi connectivity index (χ0) is 11.4. The second-order valence-electron chi connectivity index (χ2n) is 4.73. The van der Waals surface area contributed by atoms with Crippen LogP contribution in [0.25, 0.3) is 0 Å². The minimum Gasteiger partial charge on any atom is -0.304 e. The van der Waals surface area contributed by atoms with Gasteiger partial charge in [0.15, 0.2) is 4.77 Å². The number of unbranched alkanes of at least 4 members (excludes halogenated alkanes) is 1. The van der Waals surface area contributed by atoms with Crippen molar-refractivity contribution in [3.63, 3.8) is 0 Å². The molecule has 1 saturated carbocycles. The van der Waals surface area contributed by atoms with E-state index in [0.29, 0.717) is 5.92 Å².